The van der Waals surface area contributed by atoms with Gasteiger partial charge in [0.25, 0.3) is 0 Å². The summed E-state index contributed by atoms with van der Waals surface area (Å²) >= 11 is 0. The Bertz CT molecular complexity index is 955. The van der Waals surface area contributed by atoms with Crippen molar-refractivity contribution in [3.8, 4) is 23.0 Å². The first-order chi connectivity index (χ1) is 14.6. The molecule has 0 radical (unpaired) electrons. The van der Waals surface area contributed by atoms with Crippen LogP contribution in [0.15, 0.2) is 36.4 Å². The SMILES string of the molecule is CC1CC(c2ccc(O[Si](C)(C)C)cc2O[Si](C)(C)C)c2ccc(O[Si](C)(C)C)cc2O1. The molecule has 1 aliphatic rings. The Hall–Kier alpha value is -1.71. The summed E-state index contributed by atoms with van der Waals surface area (Å²) in [5, 5.41) is 0. The van der Waals surface area contributed by atoms with Crippen molar-refractivity contribution < 1.29 is 18.0 Å². The van der Waals surface area contributed by atoms with Crippen LogP contribution < -0.4 is 18.0 Å². The summed E-state index contributed by atoms with van der Waals surface area (Å²) in [5.41, 5.74) is 2.41. The summed E-state index contributed by atoms with van der Waals surface area (Å²) in [7, 11) is -5.20. The molecule has 1 heterocycles. The minimum atomic E-state index is -1.81. The number of ether oxygens (including phenoxy) is 1. The van der Waals surface area contributed by atoms with Crippen LogP contribution in [0.2, 0.25) is 58.9 Å². The lowest BCUT2D eigenvalue weighted by atomic mass is 9.84. The van der Waals surface area contributed by atoms with Crippen molar-refractivity contribution in [2.75, 3.05) is 0 Å². The van der Waals surface area contributed by atoms with E-state index < -0.39 is 25.0 Å². The minimum absolute atomic E-state index is 0.118. The maximum absolute atomic E-state index is 6.60. The highest BCUT2D eigenvalue weighted by molar-refractivity contribution is 6.71. The Kier molecular flexibility index (Phi) is 6.94. The van der Waals surface area contributed by atoms with Crippen LogP contribution in [0, 0.1) is 0 Å². The van der Waals surface area contributed by atoms with Gasteiger partial charge in [-0.1, -0.05) is 12.1 Å². The van der Waals surface area contributed by atoms with Gasteiger partial charge in [-0.15, -0.1) is 0 Å². The third kappa shape index (κ3) is 6.89. The van der Waals surface area contributed by atoms with Crippen LogP contribution in [0.25, 0.3) is 0 Å². The highest BCUT2D eigenvalue weighted by Crippen LogP contribution is 2.46. The minimum Gasteiger partial charge on any atom is -0.544 e. The van der Waals surface area contributed by atoms with Crippen molar-refractivity contribution >= 4 is 25.0 Å². The van der Waals surface area contributed by atoms with Crippen molar-refractivity contribution in [1.29, 1.82) is 0 Å². The van der Waals surface area contributed by atoms with Crippen LogP contribution in [0.1, 0.15) is 30.4 Å². The second kappa shape index (κ2) is 8.91. The van der Waals surface area contributed by atoms with Gasteiger partial charge in [-0.2, -0.15) is 0 Å². The lowest BCUT2D eigenvalue weighted by molar-refractivity contribution is 0.182. The molecule has 1 aliphatic heterocycles. The first kappa shape index (κ1) is 24.9. The van der Waals surface area contributed by atoms with E-state index in [1.165, 1.54) is 11.1 Å². The van der Waals surface area contributed by atoms with Crippen molar-refractivity contribution in [1.82, 2.24) is 0 Å². The maximum Gasteiger partial charge on any atom is 0.242 e. The molecule has 0 saturated heterocycles. The standard InChI is InChI=1S/C25H40O4Si3/c1-18-15-23(21-13-11-19(16-24(21)26-18)27-30(2,3)4)22-14-12-20(28-31(5,6)7)17-25(22)29-32(8,9)10/h11-14,16-18,23H,15H2,1-10H3. The van der Waals surface area contributed by atoms with Gasteiger partial charge in [-0.25, -0.2) is 0 Å². The molecule has 0 amide bonds. The molecular formula is C25H40O4Si3. The quantitative estimate of drug-likeness (QED) is 0.375. The molecule has 3 rings (SSSR count). The summed E-state index contributed by atoms with van der Waals surface area (Å²) in [6.45, 7) is 22.0. The van der Waals surface area contributed by atoms with Crippen molar-refractivity contribution in [2.45, 2.75) is 84.3 Å². The fourth-order valence-electron chi connectivity index (χ4n) is 3.98. The van der Waals surface area contributed by atoms with Crippen molar-refractivity contribution in [2.24, 2.45) is 0 Å². The van der Waals surface area contributed by atoms with Crippen LogP contribution in [0.5, 0.6) is 23.0 Å². The molecule has 2 aromatic rings. The summed E-state index contributed by atoms with van der Waals surface area (Å²) in [6, 6.07) is 12.7. The van der Waals surface area contributed by atoms with Gasteiger partial charge in [0.05, 0.1) is 6.10 Å². The van der Waals surface area contributed by atoms with Gasteiger partial charge in [0.2, 0.25) is 25.0 Å². The number of benzene rings is 2. The fraction of sp³-hybridized carbons (Fsp3) is 0.520. The van der Waals surface area contributed by atoms with E-state index in [9.17, 15) is 0 Å². The van der Waals surface area contributed by atoms with Crippen LogP contribution >= 0.6 is 0 Å². The van der Waals surface area contributed by atoms with E-state index in [0.29, 0.717) is 0 Å². The Morgan fingerprint density at radius 2 is 1.19 bits per heavy atom. The number of hydrogen-bond acceptors (Lipinski definition) is 4. The van der Waals surface area contributed by atoms with E-state index in [2.05, 4.69) is 102 Å². The van der Waals surface area contributed by atoms with Crippen LogP contribution in [0.4, 0.5) is 0 Å². The monoisotopic (exact) mass is 488 g/mol. The molecule has 2 aromatic carbocycles. The molecule has 32 heavy (non-hydrogen) atoms. The normalized spacial score (nSPS) is 19.1. The molecule has 0 spiro atoms. The highest BCUT2D eigenvalue weighted by atomic mass is 28.4. The first-order valence-electron chi connectivity index (χ1n) is 11.6. The highest BCUT2D eigenvalue weighted by Gasteiger charge is 2.32. The van der Waals surface area contributed by atoms with Crippen molar-refractivity contribution in [3.63, 3.8) is 0 Å². The van der Waals surface area contributed by atoms with Crippen LogP contribution in [-0.2, 0) is 0 Å². The number of rotatable bonds is 7. The topological polar surface area (TPSA) is 36.9 Å². The Labute approximate surface area is 197 Å². The fourth-order valence-corrected chi connectivity index (χ4v) is 6.48. The lowest BCUT2D eigenvalue weighted by Crippen LogP contribution is -2.32. The third-order valence-corrected chi connectivity index (χ3v) is 7.41. The van der Waals surface area contributed by atoms with Gasteiger partial charge in [0.1, 0.15) is 23.0 Å². The zero-order valence-corrected chi connectivity index (χ0v) is 24.5. The smallest absolute Gasteiger partial charge is 0.242 e. The predicted molar refractivity (Wildman–Crippen MR) is 141 cm³/mol. The second-order valence-corrected chi connectivity index (χ2v) is 25.0. The molecule has 2 atom stereocenters. The predicted octanol–water partition coefficient (Wildman–Crippen LogP) is 7.63. The Morgan fingerprint density at radius 1 is 0.688 bits per heavy atom. The zero-order chi connectivity index (χ0) is 23.9. The molecule has 0 bridgehead atoms. The molecule has 0 saturated carbocycles. The van der Waals surface area contributed by atoms with E-state index in [1.54, 1.807) is 0 Å². The molecule has 176 valence electrons. The lowest BCUT2D eigenvalue weighted by Gasteiger charge is -2.34. The summed E-state index contributed by atoms with van der Waals surface area (Å²) in [6.07, 6.45) is 1.03. The Morgan fingerprint density at radius 3 is 1.72 bits per heavy atom. The molecule has 0 aromatic heterocycles. The van der Waals surface area contributed by atoms with Crippen LogP contribution in [-0.4, -0.2) is 31.1 Å². The van der Waals surface area contributed by atoms with Gasteiger partial charge in [-0.3, -0.25) is 0 Å². The van der Waals surface area contributed by atoms with Gasteiger partial charge < -0.3 is 18.0 Å². The average molecular weight is 489 g/mol. The zero-order valence-electron chi connectivity index (χ0n) is 21.5. The summed E-state index contributed by atoms with van der Waals surface area (Å²) in [4.78, 5) is 0. The number of hydrogen-bond donors (Lipinski definition) is 0. The molecular weight excluding hydrogens is 449 g/mol. The summed E-state index contributed by atoms with van der Waals surface area (Å²) in [5.74, 6) is 3.88. The Balaban J connectivity index is 2.04. The van der Waals surface area contributed by atoms with E-state index in [1.807, 2.05) is 0 Å². The number of fused-ring (bicyclic) bond motifs is 1. The maximum atomic E-state index is 6.60. The van der Waals surface area contributed by atoms with Gasteiger partial charge in [0, 0.05) is 29.2 Å². The van der Waals surface area contributed by atoms with Crippen molar-refractivity contribution in [3.05, 3.63) is 47.5 Å². The van der Waals surface area contributed by atoms with E-state index >= 15 is 0 Å². The summed E-state index contributed by atoms with van der Waals surface area (Å²) < 4.78 is 25.4. The molecule has 2 unspecified atom stereocenters. The van der Waals surface area contributed by atoms with E-state index in [-0.39, 0.29) is 12.0 Å². The molecule has 4 nitrogen and oxygen atoms in total. The largest absolute Gasteiger partial charge is 0.544 e. The first-order valence-corrected chi connectivity index (χ1v) is 21.8. The van der Waals surface area contributed by atoms with E-state index in [4.69, 9.17) is 18.0 Å². The van der Waals surface area contributed by atoms with Gasteiger partial charge >= 0.3 is 0 Å². The second-order valence-electron chi connectivity index (χ2n) is 11.8. The van der Waals surface area contributed by atoms with Crippen LogP contribution in [0.3, 0.4) is 0 Å². The van der Waals surface area contributed by atoms with Gasteiger partial charge in [-0.05, 0) is 84.4 Å². The van der Waals surface area contributed by atoms with E-state index in [0.717, 1.165) is 29.4 Å². The van der Waals surface area contributed by atoms with Gasteiger partial charge in [0.15, 0.2) is 0 Å². The molecule has 7 heteroatoms. The molecule has 0 fully saturated rings. The molecule has 0 aliphatic carbocycles. The third-order valence-electron chi connectivity index (χ3n) is 4.88. The average Bonchev–Trinajstić information content (AvgIpc) is 2.56. The molecule has 0 N–H and O–H groups in total.